The van der Waals surface area contributed by atoms with Crippen LogP contribution in [0.15, 0.2) is 41.4 Å². The smallest absolute Gasteiger partial charge is 0.272 e. The van der Waals surface area contributed by atoms with Crippen molar-refractivity contribution in [2.24, 2.45) is 13.0 Å². The summed E-state index contributed by atoms with van der Waals surface area (Å²) in [6, 6.07) is 8.61. The van der Waals surface area contributed by atoms with Gasteiger partial charge in [0.1, 0.15) is 10.6 Å². The maximum atomic E-state index is 12.6. The molecule has 0 aliphatic carbocycles. The van der Waals surface area contributed by atoms with E-state index in [1.165, 1.54) is 0 Å². The van der Waals surface area contributed by atoms with Gasteiger partial charge in [0.15, 0.2) is 0 Å². The number of carbonyl (C=O) groups excluding carboxylic acids is 1. The van der Waals surface area contributed by atoms with E-state index in [0.717, 1.165) is 12.8 Å². The number of aryl methyl sites for hydroxylation is 1. The van der Waals surface area contributed by atoms with Gasteiger partial charge in [-0.3, -0.25) is 9.48 Å². The highest BCUT2D eigenvalue weighted by molar-refractivity contribution is 7.89. The van der Waals surface area contributed by atoms with Crippen molar-refractivity contribution in [1.29, 1.82) is 0 Å². The highest BCUT2D eigenvalue weighted by atomic mass is 32.2. The highest BCUT2D eigenvalue weighted by Crippen LogP contribution is 2.30. The SMILES string of the molecule is Cn1nccc1C(=O)N1CCC(C2Nc3ccccc3S(=O)(=O)N2)CC1. The van der Waals surface area contributed by atoms with E-state index >= 15 is 0 Å². The van der Waals surface area contributed by atoms with Crippen LogP contribution >= 0.6 is 0 Å². The Morgan fingerprint density at radius 2 is 1.92 bits per heavy atom. The van der Waals surface area contributed by atoms with Crippen molar-refractivity contribution >= 4 is 21.6 Å². The van der Waals surface area contributed by atoms with Gasteiger partial charge in [-0.2, -0.15) is 9.82 Å². The minimum atomic E-state index is -3.52. The van der Waals surface area contributed by atoms with Gasteiger partial charge in [-0.05, 0) is 37.0 Å². The molecular weight excluding hydrogens is 354 g/mol. The van der Waals surface area contributed by atoms with E-state index in [9.17, 15) is 13.2 Å². The van der Waals surface area contributed by atoms with Gasteiger partial charge in [-0.25, -0.2) is 8.42 Å². The number of para-hydroxylation sites is 1. The number of nitrogens with one attached hydrogen (secondary N) is 2. The minimum absolute atomic E-state index is 0.0361. The zero-order chi connectivity index (χ0) is 18.3. The lowest BCUT2D eigenvalue weighted by atomic mass is 9.93. The van der Waals surface area contributed by atoms with Crippen LogP contribution in [-0.2, 0) is 17.1 Å². The van der Waals surface area contributed by atoms with Crippen LogP contribution in [0.5, 0.6) is 0 Å². The van der Waals surface area contributed by atoms with Crippen LogP contribution in [-0.4, -0.2) is 48.3 Å². The molecule has 0 bridgehead atoms. The Morgan fingerprint density at radius 1 is 1.19 bits per heavy atom. The number of aromatic nitrogens is 2. The summed E-state index contributed by atoms with van der Waals surface area (Å²) in [7, 11) is -1.77. The number of anilines is 1. The standard InChI is InChI=1S/C17H21N5O3S/c1-21-14(6-9-18-21)17(23)22-10-7-12(8-11-22)16-19-13-4-2-3-5-15(13)26(24,25)20-16/h2-6,9,12,16,19-20H,7-8,10-11H2,1H3. The van der Waals surface area contributed by atoms with Gasteiger partial charge in [0.25, 0.3) is 5.91 Å². The average Bonchev–Trinajstić information content (AvgIpc) is 3.07. The second-order valence-electron chi connectivity index (χ2n) is 6.71. The van der Waals surface area contributed by atoms with E-state index in [-0.39, 0.29) is 22.9 Å². The molecule has 138 valence electrons. The number of hydrogen-bond donors (Lipinski definition) is 2. The van der Waals surface area contributed by atoms with Gasteiger partial charge in [-0.1, -0.05) is 12.1 Å². The number of carbonyl (C=O) groups is 1. The van der Waals surface area contributed by atoms with Crippen molar-refractivity contribution in [3.8, 4) is 0 Å². The summed E-state index contributed by atoms with van der Waals surface area (Å²) in [6.45, 7) is 1.19. The topological polar surface area (TPSA) is 96.3 Å². The predicted octanol–water partition coefficient (Wildman–Crippen LogP) is 1.00. The van der Waals surface area contributed by atoms with E-state index in [1.54, 1.807) is 47.1 Å². The number of nitrogens with zero attached hydrogens (tertiary/aromatic N) is 3. The molecule has 1 saturated heterocycles. The molecule has 2 N–H and O–H groups in total. The van der Waals surface area contributed by atoms with Crippen molar-refractivity contribution in [3.05, 3.63) is 42.2 Å². The first-order chi connectivity index (χ1) is 12.5. The molecule has 1 aromatic carbocycles. The largest absolute Gasteiger partial charge is 0.368 e. The summed E-state index contributed by atoms with van der Waals surface area (Å²) in [4.78, 5) is 14.7. The molecule has 1 amide bonds. The fourth-order valence-electron chi connectivity index (χ4n) is 3.64. The number of piperidine rings is 1. The number of rotatable bonds is 2. The van der Waals surface area contributed by atoms with E-state index in [4.69, 9.17) is 0 Å². The fraction of sp³-hybridized carbons (Fsp3) is 0.412. The number of benzene rings is 1. The summed E-state index contributed by atoms with van der Waals surface area (Å²) in [5.74, 6) is 0.0831. The Balaban J connectivity index is 1.44. The summed E-state index contributed by atoms with van der Waals surface area (Å²) in [6.07, 6.45) is 2.71. The van der Waals surface area contributed by atoms with Gasteiger partial charge in [0.05, 0.1) is 11.9 Å². The Hall–Kier alpha value is -2.39. The van der Waals surface area contributed by atoms with Crippen LogP contribution in [0.4, 0.5) is 5.69 Å². The highest BCUT2D eigenvalue weighted by Gasteiger charge is 2.36. The third kappa shape index (κ3) is 2.97. The monoisotopic (exact) mass is 375 g/mol. The van der Waals surface area contributed by atoms with Crippen LogP contribution in [0, 0.1) is 5.92 Å². The molecule has 3 heterocycles. The first-order valence-corrected chi connectivity index (χ1v) is 10.1. The summed E-state index contributed by atoms with van der Waals surface area (Å²) in [5, 5.41) is 7.34. The molecule has 26 heavy (non-hydrogen) atoms. The van der Waals surface area contributed by atoms with Gasteiger partial charge >= 0.3 is 0 Å². The van der Waals surface area contributed by atoms with Crippen molar-refractivity contribution < 1.29 is 13.2 Å². The molecule has 4 rings (SSSR count). The van der Waals surface area contributed by atoms with Crippen molar-refractivity contribution in [2.45, 2.75) is 23.9 Å². The van der Waals surface area contributed by atoms with Gasteiger partial charge in [0.2, 0.25) is 10.0 Å². The maximum Gasteiger partial charge on any atom is 0.272 e. The summed E-state index contributed by atoms with van der Waals surface area (Å²) in [5.41, 5.74) is 1.19. The molecule has 1 atom stereocenters. The Kier molecular flexibility index (Phi) is 4.20. The molecule has 2 aromatic rings. The molecule has 0 spiro atoms. The van der Waals surface area contributed by atoms with Gasteiger partial charge in [-0.15, -0.1) is 0 Å². The van der Waals surface area contributed by atoms with E-state index < -0.39 is 10.0 Å². The third-order valence-corrected chi connectivity index (χ3v) is 6.61. The van der Waals surface area contributed by atoms with Gasteiger partial charge in [0, 0.05) is 26.3 Å². The van der Waals surface area contributed by atoms with Crippen LogP contribution in [0.1, 0.15) is 23.3 Å². The van der Waals surface area contributed by atoms with Crippen LogP contribution in [0.2, 0.25) is 0 Å². The summed E-state index contributed by atoms with van der Waals surface area (Å²) >= 11 is 0. The van der Waals surface area contributed by atoms with Crippen molar-refractivity contribution in [2.75, 3.05) is 18.4 Å². The number of likely N-dealkylation sites (tertiary alicyclic amines) is 1. The predicted molar refractivity (Wildman–Crippen MR) is 96.0 cm³/mol. The average molecular weight is 375 g/mol. The molecule has 1 aromatic heterocycles. The first kappa shape index (κ1) is 17.0. The van der Waals surface area contributed by atoms with E-state index in [2.05, 4.69) is 15.1 Å². The second-order valence-corrected chi connectivity index (χ2v) is 8.39. The third-order valence-electron chi connectivity index (χ3n) is 5.11. The molecule has 8 nitrogen and oxygen atoms in total. The molecule has 9 heteroatoms. The Labute approximate surface area is 152 Å². The summed E-state index contributed by atoms with van der Waals surface area (Å²) < 4.78 is 29.2. The number of amides is 1. The van der Waals surface area contributed by atoms with E-state index in [0.29, 0.717) is 24.5 Å². The lowest BCUT2D eigenvalue weighted by Gasteiger charge is -2.38. The Morgan fingerprint density at radius 3 is 2.62 bits per heavy atom. The van der Waals surface area contributed by atoms with E-state index in [1.807, 2.05) is 6.07 Å². The molecule has 0 saturated carbocycles. The molecule has 1 unspecified atom stereocenters. The normalized spacial score (nSPS) is 22.5. The second kappa shape index (κ2) is 6.40. The number of hydrogen-bond acceptors (Lipinski definition) is 5. The lowest BCUT2D eigenvalue weighted by molar-refractivity contribution is 0.0668. The number of sulfonamides is 1. The van der Waals surface area contributed by atoms with Gasteiger partial charge < -0.3 is 10.2 Å². The zero-order valence-corrected chi connectivity index (χ0v) is 15.2. The maximum absolute atomic E-state index is 12.6. The molecule has 0 radical (unpaired) electrons. The minimum Gasteiger partial charge on any atom is -0.368 e. The lowest BCUT2D eigenvalue weighted by Crippen LogP contribution is -2.52. The molecule has 1 fully saturated rings. The van der Waals surface area contributed by atoms with Crippen LogP contribution in [0.25, 0.3) is 0 Å². The first-order valence-electron chi connectivity index (χ1n) is 8.61. The quantitative estimate of drug-likeness (QED) is 0.816. The zero-order valence-electron chi connectivity index (χ0n) is 14.4. The molecular formula is C17H21N5O3S. The fourth-order valence-corrected chi connectivity index (χ4v) is 5.03. The molecule has 2 aliphatic rings. The van der Waals surface area contributed by atoms with Crippen LogP contribution < -0.4 is 10.0 Å². The van der Waals surface area contributed by atoms with Crippen LogP contribution in [0.3, 0.4) is 0 Å². The Bertz CT molecular complexity index is 931. The number of fused-ring (bicyclic) bond motifs is 1. The van der Waals surface area contributed by atoms with Crippen molar-refractivity contribution in [3.63, 3.8) is 0 Å². The molecule has 2 aliphatic heterocycles. The van der Waals surface area contributed by atoms with Crippen molar-refractivity contribution in [1.82, 2.24) is 19.4 Å².